The number of methoxy groups -OCH3 is 1. The van der Waals surface area contributed by atoms with Gasteiger partial charge in [-0.1, -0.05) is 121 Å². The standard InChI is InChI=1S/C34H36O5/c1-36-25-38-31-22-27(33(32(31)35)37-23-26-14-6-2-7-15-26)24-39-34(28-16-8-3-9-17-28,29-18-10-4-11-19-29)30-20-12-5-13-21-30/h2-21,27,31-33,35H,22-25H2,1H3/t27?,31?,32-,33-/m1/s1. The van der Waals surface area contributed by atoms with E-state index in [1.807, 2.05) is 84.9 Å². The molecule has 2 unspecified atom stereocenters. The van der Waals surface area contributed by atoms with Crippen LogP contribution in [-0.4, -0.2) is 43.9 Å². The van der Waals surface area contributed by atoms with Gasteiger partial charge in [-0.15, -0.1) is 0 Å². The van der Waals surface area contributed by atoms with Gasteiger partial charge in [-0.05, 0) is 28.7 Å². The molecule has 1 aliphatic rings. The average molecular weight is 525 g/mol. The number of benzene rings is 4. The second kappa shape index (κ2) is 13.2. The molecular weight excluding hydrogens is 488 g/mol. The van der Waals surface area contributed by atoms with Gasteiger partial charge in [-0.3, -0.25) is 0 Å². The Morgan fingerprint density at radius 3 is 1.67 bits per heavy atom. The first kappa shape index (κ1) is 27.3. The van der Waals surface area contributed by atoms with E-state index in [2.05, 4.69) is 36.4 Å². The highest BCUT2D eigenvalue weighted by Crippen LogP contribution is 2.42. The third kappa shape index (κ3) is 6.14. The molecule has 0 saturated heterocycles. The van der Waals surface area contributed by atoms with E-state index in [4.69, 9.17) is 18.9 Å². The minimum Gasteiger partial charge on any atom is -0.388 e. The molecule has 4 aromatic carbocycles. The first-order chi connectivity index (χ1) is 19.2. The van der Waals surface area contributed by atoms with Crippen molar-refractivity contribution in [1.29, 1.82) is 0 Å². The molecule has 1 aliphatic carbocycles. The first-order valence-electron chi connectivity index (χ1n) is 13.5. The lowest BCUT2D eigenvalue weighted by Crippen LogP contribution is -2.38. The maximum absolute atomic E-state index is 11.2. The van der Waals surface area contributed by atoms with Gasteiger partial charge in [-0.25, -0.2) is 0 Å². The lowest BCUT2D eigenvalue weighted by Gasteiger charge is -2.37. The van der Waals surface area contributed by atoms with Crippen LogP contribution in [-0.2, 0) is 31.2 Å². The van der Waals surface area contributed by atoms with Crippen LogP contribution in [0.15, 0.2) is 121 Å². The van der Waals surface area contributed by atoms with E-state index in [0.29, 0.717) is 19.6 Å². The zero-order valence-corrected chi connectivity index (χ0v) is 22.3. The zero-order valence-electron chi connectivity index (χ0n) is 22.3. The maximum Gasteiger partial charge on any atom is 0.146 e. The molecule has 0 spiro atoms. The third-order valence-corrected chi connectivity index (χ3v) is 7.46. The molecule has 5 nitrogen and oxygen atoms in total. The molecule has 1 N–H and O–H groups in total. The van der Waals surface area contributed by atoms with Crippen molar-refractivity contribution in [1.82, 2.24) is 0 Å². The lowest BCUT2D eigenvalue weighted by molar-refractivity contribution is -0.128. The molecule has 202 valence electrons. The smallest absolute Gasteiger partial charge is 0.146 e. The van der Waals surface area contributed by atoms with Crippen molar-refractivity contribution in [2.75, 3.05) is 20.5 Å². The molecule has 0 amide bonds. The van der Waals surface area contributed by atoms with Crippen molar-refractivity contribution in [3.8, 4) is 0 Å². The summed E-state index contributed by atoms with van der Waals surface area (Å²) in [5, 5.41) is 11.2. The first-order valence-corrected chi connectivity index (χ1v) is 13.5. The predicted octanol–water partition coefficient (Wildman–Crippen LogP) is 5.95. The Hall–Kier alpha value is -3.32. The Morgan fingerprint density at radius 2 is 1.18 bits per heavy atom. The quantitative estimate of drug-likeness (QED) is 0.183. The van der Waals surface area contributed by atoms with E-state index in [0.717, 1.165) is 22.3 Å². The molecular formula is C34H36O5. The van der Waals surface area contributed by atoms with Gasteiger partial charge in [0.25, 0.3) is 0 Å². The molecule has 1 saturated carbocycles. The highest BCUT2D eigenvalue weighted by Gasteiger charge is 2.46. The predicted molar refractivity (Wildman–Crippen MR) is 151 cm³/mol. The van der Waals surface area contributed by atoms with E-state index in [1.54, 1.807) is 7.11 Å². The SMILES string of the molecule is COCOC1CC(COC(c2ccccc2)(c2ccccc2)c2ccccc2)[C@@H](OCc2ccccc2)[C@@H]1O. The van der Waals surface area contributed by atoms with E-state index < -0.39 is 23.9 Å². The van der Waals surface area contributed by atoms with Crippen LogP contribution in [0, 0.1) is 5.92 Å². The van der Waals surface area contributed by atoms with Crippen LogP contribution in [0.25, 0.3) is 0 Å². The van der Waals surface area contributed by atoms with Gasteiger partial charge in [0.1, 0.15) is 18.5 Å². The summed E-state index contributed by atoms with van der Waals surface area (Å²) in [4.78, 5) is 0. The van der Waals surface area contributed by atoms with Gasteiger partial charge in [-0.2, -0.15) is 0 Å². The summed E-state index contributed by atoms with van der Waals surface area (Å²) < 4.78 is 24.4. The summed E-state index contributed by atoms with van der Waals surface area (Å²) in [5.74, 6) is -0.0962. The number of rotatable bonds is 12. The van der Waals surface area contributed by atoms with Gasteiger partial charge in [0, 0.05) is 13.0 Å². The fourth-order valence-corrected chi connectivity index (χ4v) is 5.55. The Morgan fingerprint density at radius 1 is 0.692 bits per heavy atom. The minimum absolute atomic E-state index is 0.0962. The van der Waals surface area contributed by atoms with Crippen LogP contribution in [0.5, 0.6) is 0 Å². The number of hydrogen-bond donors (Lipinski definition) is 1. The van der Waals surface area contributed by atoms with Gasteiger partial charge < -0.3 is 24.1 Å². The lowest BCUT2D eigenvalue weighted by atomic mass is 9.80. The molecule has 4 atom stereocenters. The highest BCUT2D eigenvalue weighted by molar-refractivity contribution is 5.47. The van der Waals surface area contributed by atoms with Crippen molar-refractivity contribution >= 4 is 0 Å². The van der Waals surface area contributed by atoms with Crippen molar-refractivity contribution in [3.63, 3.8) is 0 Å². The van der Waals surface area contributed by atoms with Crippen molar-refractivity contribution in [2.45, 2.75) is 36.9 Å². The summed E-state index contributed by atoms with van der Waals surface area (Å²) in [6, 6.07) is 41.0. The summed E-state index contributed by atoms with van der Waals surface area (Å²) in [5.41, 5.74) is 3.32. The topological polar surface area (TPSA) is 57.2 Å². The van der Waals surface area contributed by atoms with Gasteiger partial charge >= 0.3 is 0 Å². The van der Waals surface area contributed by atoms with Crippen LogP contribution in [0.1, 0.15) is 28.7 Å². The van der Waals surface area contributed by atoms with Crippen LogP contribution in [0.3, 0.4) is 0 Å². The molecule has 0 bridgehead atoms. The number of hydrogen-bond acceptors (Lipinski definition) is 5. The van der Waals surface area contributed by atoms with Crippen LogP contribution < -0.4 is 0 Å². The van der Waals surface area contributed by atoms with Gasteiger partial charge in [0.15, 0.2) is 0 Å². The molecule has 0 heterocycles. The fraction of sp³-hybridized carbons (Fsp3) is 0.294. The Labute approximate surface area is 230 Å². The second-order valence-corrected chi connectivity index (χ2v) is 9.95. The monoisotopic (exact) mass is 524 g/mol. The molecule has 5 rings (SSSR count). The molecule has 1 fully saturated rings. The number of aliphatic hydroxyl groups is 1. The third-order valence-electron chi connectivity index (χ3n) is 7.46. The number of ether oxygens (including phenoxy) is 4. The zero-order chi connectivity index (χ0) is 26.9. The van der Waals surface area contributed by atoms with Gasteiger partial charge in [0.2, 0.25) is 0 Å². The molecule has 4 aromatic rings. The van der Waals surface area contributed by atoms with Gasteiger partial charge in [0.05, 0.1) is 25.4 Å². The Bertz CT molecular complexity index is 1150. The van der Waals surface area contributed by atoms with Crippen molar-refractivity contribution in [3.05, 3.63) is 144 Å². The van der Waals surface area contributed by atoms with Crippen LogP contribution in [0.2, 0.25) is 0 Å². The summed E-state index contributed by atoms with van der Waals surface area (Å²) in [6.07, 6.45) is -1.05. The van der Waals surface area contributed by atoms with Crippen LogP contribution in [0.4, 0.5) is 0 Å². The van der Waals surface area contributed by atoms with Crippen LogP contribution >= 0.6 is 0 Å². The largest absolute Gasteiger partial charge is 0.388 e. The highest BCUT2D eigenvalue weighted by atomic mass is 16.7. The van der Waals surface area contributed by atoms with E-state index >= 15 is 0 Å². The number of aliphatic hydroxyl groups excluding tert-OH is 1. The summed E-state index contributed by atoms with van der Waals surface area (Å²) in [7, 11) is 1.58. The summed E-state index contributed by atoms with van der Waals surface area (Å²) >= 11 is 0. The van der Waals surface area contributed by atoms with Crippen molar-refractivity contribution < 1.29 is 24.1 Å². The summed E-state index contributed by atoms with van der Waals surface area (Å²) in [6.45, 7) is 0.877. The van der Waals surface area contributed by atoms with Crippen molar-refractivity contribution in [2.24, 2.45) is 5.92 Å². The average Bonchev–Trinajstić information content (AvgIpc) is 3.31. The van der Waals surface area contributed by atoms with E-state index in [-0.39, 0.29) is 12.7 Å². The van der Waals surface area contributed by atoms with E-state index in [9.17, 15) is 5.11 Å². The molecule has 0 radical (unpaired) electrons. The molecule has 0 aliphatic heterocycles. The van der Waals surface area contributed by atoms with E-state index in [1.165, 1.54) is 0 Å². The second-order valence-electron chi connectivity index (χ2n) is 9.95. The molecule has 39 heavy (non-hydrogen) atoms. The minimum atomic E-state index is -0.843. The Balaban J connectivity index is 1.48. The fourth-order valence-electron chi connectivity index (χ4n) is 5.55. The molecule has 0 aromatic heterocycles. The Kier molecular flexibility index (Phi) is 9.19. The maximum atomic E-state index is 11.2. The normalized spacial score (nSPS) is 21.2. The molecule has 5 heteroatoms.